The Morgan fingerprint density at radius 3 is 2.84 bits per heavy atom. The van der Waals surface area contributed by atoms with Crippen molar-refractivity contribution in [2.45, 2.75) is 64.9 Å². The third kappa shape index (κ3) is 8.28. The van der Waals surface area contributed by atoms with Gasteiger partial charge in [0.05, 0.1) is 7.11 Å². The first-order valence-corrected chi connectivity index (χ1v) is 13.5. The molecule has 2 heterocycles. The van der Waals surface area contributed by atoms with E-state index in [-0.39, 0.29) is 24.3 Å². The number of likely N-dealkylation sites (tertiary alicyclic amines) is 1. The standard InChI is InChI=1S/C27H43FN4O5/c1-4-32(27(34)35-3)37-25(24-17-23(28)13-12-20(24)2)22-11-8-14-30(18-22)26(33)31(29)15-7-10-21-9-5-6-16-36-19-21/h12-13,17,21-22,25H,4-11,14-16,18-19,29H2,1-3H3/t21?,22?,25-/m1/s1. The van der Waals surface area contributed by atoms with E-state index < -0.39 is 12.2 Å². The van der Waals surface area contributed by atoms with Gasteiger partial charge in [0.25, 0.3) is 0 Å². The lowest BCUT2D eigenvalue weighted by Crippen LogP contribution is -2.51. The van der Waals surface area contributed by atoms with Gasteiger partial charge in [-0.3, -0.25) is 9.85 Å². The van der Waals surface area contributed by atoms with Gasteiger partial charge in [-0.2, -0.15) is 5.06 Å². The van der Waals surface area contributed by atoms with E-state index in [2.05, 4.69) is 0 Å². The number of benzene rings is 1. The number of nitrogens with zero attached hydrogens (tertiary/aromatic N) is 3. The van der Waals surface area contributed by atoms with Crippen molar-refractivity contribution in [2.24, 2.45) is 17.7 Å². The number of aryl methyl sites for hydroxylation is 1. The van der Waals surface area contributed by atoms with Crippen molar-refractivity contribution in [3.05, 3.63) is 35.1 Å². The van der Waals surface area contributed by atoms with Gasteiger partial charge >= 0.3 is 12.1 Å². The second-order valence-corrected chi connectivity index (χ2v) is 10.1. The summed E-state index contributed by atoms with van der Waals surface area (Å²) in [5.41, 5.74) is 1.50. The van der Waals surface area contributed by atoms with Crippen LogP contribution in [0.3, 0.4) is 0 Å². The number of urea groups is 1. The van der Waals surface area contributed by atoms with E-state index in [4.69, 9.17) is 20.2 Å². The summed E-state index contributed by atoms with van der Waals surface area (Å²) in [4.78, 5) is 33.3. The Morgan fingerprint density at radius 1 is 1.27 bits per heavy atom. The number of amides is 3. The largest absolute Gasteiger partial charge is 0.451 e. The minimum absolute atomic E-state index is 0.159. The van der Waals surface area contributed by atoms with E-state index in [9.17, 15) is 14.0 Å². The Labute approximate surface area is 219 Å². The number of halogens is 1. The maximum Gasteiger partial charge on any atom is 0.433 e. The van der Waals surface area contributed by atoms with Crippen LogP contribution in [0.15, 0.2) is 18.2 Å². The number of hydrogen-bond acceptors (Lipinski definition) is 6. The third-order valence-electron chi connectivity index (χ3n) is 7.37. The molecule has 2 N–H and O–H groups in total. The fraction of sp³-hybridized carbons (Fsp3) is 0.704. The van der Waals surface area contributed by atoms with Gasteiger partial charge in [0, 0.05) is 45.3 Å². The van der Waals surface area contributed by atoms with Crippen molar-refractivity contribution < 1.29 is 28.3 Å². The van der Waals surface area contributed by atoms with Crippen LogP contribution < -0.4 is 5.84 Å². The van der Waals surface area contributed by atoms with Crippen molar-refractivity contribution in [1.29, 1.82) is 0 Å². The number of rotatable bonds is 9. The molecule has 1 aromatic carbocycles. The fourth-order valence-corrected chi connectivity index (χ4v) is 5.26. The van der Waals surface area contributed by atoms with Crippen molar-refractivity contribution in [3.63, 3.8) is 0 Å². The van der Waals surface area contributed by atoms with Crippen molar-refractivity contribution in [2.75, 3.05) is 46.5 Å². The first-order valence-electron chi connectivity index (χ1n) is 13.5. The van der Waals surface area contributed by atoms with Gasteiger partial charge in [0.15, 0.2) is 0 Å². The van der Waals surface area contributed by atoms with E-state index in [0.717, 1.165) is 62.4 Å². The summed E-state index contributed by atoms with van der Waals surface area (Å²) in [6.45, 7) is 6.99. The van der Waals surface area contributed by atoms with E-state index in [1.165, 1.54) is 30.7 Å². The lowest BCUT2D eigenvalue weighted by molar-refractivity contribution is -0.193. The lowest BCUT2D eigenvalue weighted by atomic mass is 9.87. The molecule has 2 unspecified atom stereocenters. The van der Waals surface area contributed by atoms with Crippen LogP contribution >= 0.6 is 0 Å². The molecule has 10 heteroatoms. The van der Waals surface area contributed by atoms with Crippen LogP contribution in [0.4, 0.5) is 14.0 Å². The highest BCUT2D eigenvalue weighted by atomic mass is 19.1. The maximum atomic E-state index is 14.2. The molecular weight excluding hydrogens is 479 g/mol. The molecule has 2 aliphatic rings. The SMILES string of the molecule is CCN(O[C@@H](c1cc(F)ccc1C)C1CCCN(C(=O)N(N)CCCC2CCCCOC2)C1)C(=O)OC. The molecule has 1 aromatic rings. The Bertz CT molecular complexity index is 880. The molecule has 0 saturated carbocycles. The first-order chi connectivity index (χ1) is 17.8. The number of nitrogens with two attached hydrogens (primary N) is 1. The molecule has 0 bridgehead atoms. The zero-order valence-electron chi connectivity index (χ0n) is 22.5. The quantitative estimate of drug-likeness (QED) is 0.284. The van der Waals surface area contributed by atoms with Crippen LogP contribution in [0.25, 0.3) is 0 Å². The number of hydroxylamine groups is 2. The highest BCUT2D eigenvalue weighted by molar-refractivity contribution is 5.73. The average Bonchev–Trinajstić information content (AvgIpc) is 3.19. The molecule has 37 heavy (non-hydrogen) atoms. The smallest absolute Gasteiger partial charge is 0.433 e. The van der Waals surface area contributed by atoms with Gasteiger partial charge in [-0.15, -0.1) is 0 Å². The van der Waals surface area contributed by atoms with Crippen LogP contribution in [0.5, 0.6) is 0 Å². The van der Waals surface area contributed by atoms with Crippen LogP contribution in [-0.4, -0.2) is 73.6 Å². The van der Waals surface area contributed by atoms with Crippen LogP contribution in [0, 0.1) is 24.6 Å². The van der Waals surface area contributed by atoms with Crippen molar-refractivity contribution >= 4 is 12.1 Å². The van der Waals surface area contributed by atoms with Crippen LogP contribution in [-0.2, 0) is 14.3 Å². The van der Waals surface area contributed by atoms with Gasteiger partial charge in [-0.25, -0.2) is 19.8 Å². The normalized spacial score (nSPS) is 21.2. The van der Waals surface area contributed by atoms with Gasteiger partial charge in [-0.1, -0.05) is 12.5 Å². The summed E-state index contributed by atoms with van der Waals surface area (Å²) in [5.74, 6) is 6.17. The summed E-state index contributed by atoms with van der Waals surface area (Å²) in [5, 5.41) is 2.44. The topological polar surface area (TPSA) is 97.6 Å². The third-order valence-corrected chi connectivity index (χ3v) is 7.37. The predicted octanol–water partition coefficient (Wildman–Crippen LogP) is 4.80. The molecule has 3 atom stereocenters. The second-order valence-electron chi connectivity index (χ2n) is 10.1. The fourth-order valence-electron chi connectivity index (χ4n) is 5.26. The first kappa shape index (κ1) is 29.1. The van der Waals surface area contributed by atoms with E-state index in [0.29, 0.717) is 31.1 Å². The molecule has 3 amide bonds. The zero-order valence-corrected chi connectivity index (χ0v) is 22.5. The van der Waals surface area contributed by atoms with Crippen LogP contribution in [0.1, 0.15) is 69.1 Å². The van der Waals surface area contributed by atoms with Crippen molar-refractivity contribution in [1.82, 2.24) is 15.0 Å². The highest BCUT2D eigenvalue weighted by Crippen LogP contribution is 2.36. The number of hydrogen-bond donors (Lipinski definition) is 1. The molecule has 3 rings (SSSR count). The Hall–Kier alpha value is -2.43. The average molecular weight is 523 g/mol. The molecule has 2 fully saturated rings. The predicted molar refractivity (Wildman–Crippen MR) is 138 cm³/mol. The molecule has 2 saturated heterocycles. The molecule has 0 spiro atoms. The molecule has 0 aromatic heterocycles. The Balaban J connectivity index is 1.67. The highest BCUT2D eigenvalue weighted by Gasteiger charge is 2.35. The molecule has 0 aliphatic carbocycles. The number of carbonyl (C=O) groups is 2. The summed E-state index contributed by atoms with van der Waals surface area (Å²) >= 11 is 0. The van der Waals surface area contributed by atoms with Crippen LogP contribution in [0.2, 0.25) is 0 Å². The number of carbonyl (C=O) groups excluding carboxylic acids is 2. The molecule has 208 valence electrons. The number of piperidine rings is 1. The molecule has 0 radical (unpaired) electrons. The summed E-state index contributed by atoms with van der Waals surface area (Å²) < 4.78 is 24.8. The second kappa shape index (κ2) is 14.5. The van der Waals surface area contributed by atoms with E-state index in [1.54, 1.807) is 17.9 Å². The molecule has 9 nitrogen and oxygen atoms in total. The Kier molecular flexibility index (Phi) is 11.4. The van der Waals surface area contributed by atoms with Crippen molar-refractivity contribution in [3.8, 4) is 0 Å². The molecular formula is C27H43FN4O5. The number of hydrazine groups is 1. The van der Waals surface area contributed by atoms with Gasteiger partial charge in [-0.05, 0) is 81.5 Å². The minimum atomic E-state index is -0.633. The number of ether oxygens (including phenoxy) is 2. The van der Waals surface area contributed by atoms with Gasteiger partial charge < -0.3 is 14.4 Å². The van der Waals surface area contributed by atoms with E-state index in [1.807, 2.05) is 6.92 Å². The lowest BCUT2D eigenvalue weighted by Gasteiger charge is -2.39. The molecule has 2 aliphatic heterocycles. The Morgan fingerprint density at radius 2 is 2.08 bits per heavy atom. The van der Waals surface area contributed by atoms with Gasteiger partial charge in [0.1, 0.15) is 11.9 Å². The van der Waals surface area contributed by atoms with E-state index >= 15 is 0 Å². The maximum absolute atomic E-state index is 14.2. The summed E-state index contributed by atoms with van der Waals surface area (Å²) in [6.07, 6.45) is 5.52. The minimum Gasteiger partial charge on any atom is -0.451 e. The van der Waals surface area contributed by atoms with Gasteiger partial charge in [0.2, 0.25) is 0 Å². The zero-order chi connectivity index (χ0) is 26.8. The summed E-state index contributed by atoms with van der Waals surface area (Å²) in [6, 6.07) is 4.31. The summed E-state index contributed by atoms with van der Waals surface area (Å²) in [7, 11) is 1.29. The number of methoxy groups -OCH3 is 1. The monoisotopic (exact) mass is 522 g/mol.